The normalized spacial score (nSPS) is 18.2. The van der Waals surface area contributed by atoms with E-state index in [1.807, 2.05) is 0 Å². The molecule has 1 aliphatic heterocycles. The monoisotopic (exact) mass is 247 g/mol. The van der Waals surface area contributed by atoms with E-state index >= 15 is 0 Å². The zero-order valence-corrected chi connectivity index (χ0v) is 10.0. The van der Waals surface area contributed by atoms with E-state index in [0.717, 1.165) is 24.3 Å². The summed E-state index contributed by atoms with van der Waals surface area (Å²) in [5.74, 6) is 0.917. The molecule has 1 atom stereocenters. The van der Waals surface area contributed by atoms with Crippen LogP contribution in [0.5, 0.6) is 0 Å². The quantitative estimate of drug-likeness (QED) is 0.808. The molecule has 0 aliphatic carbocycles. The molecule has 0 saturated heterocycles. The Bertz CT molecular complexity index is 627. The fourth-order valence-corrected chi connectivity index (χ4v) is 2.28. The molecule has 0 bridgehead atoms. The Labute approximate surface area is 103 Å². The van der Waals surface area contributed by atoms with Gasteiger partial charge in [0.1, 0.15) is 11.6 Å². The Balaban J connectivity index is 2.09. The lowest BCUT2D eigenvalue weighted by Gasteiger charge is -2.18. The first-order valence-electron chi connectivity index (χ1n) is 5.99. The third-order valence-corrected chi connectivity index (χ3v) is 3.25. The summed E-state index contributed by atoms with van der Waals surface area (Å²) in [6, 6.07) is 5.86. The topological polar surface area (TPSA) is 49.8 Å². The molecule has 18 heavy (non-hydrogen) atoms. The van der Waals surface area contributed by atoms with Gasteiger partial charge in [-0.3, -0.25) is 9.89 Å². The van der Waals surface area contributed by atoms with Crippen LogP contribution in [-0.4, -0.2) is 16.3 Å². The van der Waals surface area contributed by atoms with Crippen LogP contribution in [0.4, 0.5) is 10.2 Å². The fraction of sp³-hybridized carbons (Fsp3) is 0.308. The molecule has 5 heteroatoms. The van der Waals surface area contributed by atoms with E-state index in [0.29, 0.717) is 11.6 Å². The highest BCUT2D eigenvalue weighted by Gasteiger charge is 2.21. The molecule has 1 aliphatic rings. The number of aromatic amines is 1. The molecule has 1 aromatic carbocycles. The van der Waals surface area contributed by atoms with Crippen molar-refractivity contribution in [1.29, 1.82) is 0 Å². The molecule has 0 saturated carbocycles. The number of rotatable bonds is 1. The summed E-state index contributed by atoms with van der Waals surface area (Å²) in [5.41, 5.74) is 1.36. The van der Waals surface area contributed by atoms with Crippen LogP contribution in [0, 0.1) is 11.7 Å². The smallest absolute Gasteiger partial charge is 0.276 e. The van der Waals surface area contributed by atoms with Gasteiger partial charge in [-0.1, -0.05) is 6.92 Å². The van der Waals surface area contributed by atoms with Gasteiger partial charge in [-0.2, -0.15) is 0 Å². The van der Waals surface area contributed by atoms with Gasteiger partial charge in [0.2, 0.25) is 0 Å². The second-order valence-electron chi connectivity index (χ2n) is 4.77. The predicted molar refractivity (Wildman–Crippen MR) is 67.7 cm³/mol. The molecule has 0 radical (unpaired) electrons. The van der Waals surface area contributed by atoms with Gasteiger partial charge in [-0.25, -0.2) is 9.07 Å². The number of hydrogen-bond donors (Lipinski definition) is 2. The summed E-state index contributed by atoms with van der Waals surface area (Å²) in [6.07, 6.45) is 0.770. The van der Waals surface area contributed by atoms with E-state index in [-0.39, 0.29) is 11.4 Å². The van der Waals surface area contributed by atoms with Crippen molar-refractivity contribution >= 4 is 5.82 Å². The number of anilines is 1. The Kier molecular flexibility index (Phi) is 2.47. The minimum Gasteiger partial charge on any atom is -0.370 e. The van der Waals surface area contributed by atoms with Crippen molar-refractivity contribution < 1.29 is 4.39 Å². The van der Waals surface area contributed by atoms with E-state index < -0.39 is 0 Å². The largest absolute Gasteiger partial charge is 0.370 e. The number of H-pyrrole nitrogens is 1. The van der Waals surface area contributed by atoms with Gasteiger partial charge in [0.15, 0.2) is 0 Å². The number of halogens is 1. The first kappa shape index (κ1) is 11.1. The number of nitrogens with zero attached hydrogens (tertiary/aromatic N) is 1. The maximum Gasteiger partial charge on any atom is 0.276 e. The van der Waals surface area contributed by atoms with Crippen molar-refractivity contribution in [1.82, 2.24) is 9.78 Å². The molecular formula is C13H14FN3O. The second-order valence-corrected chi connectivity index (χ2v) is 4.77. The third kappa shape index (κ3) is 1.72. The summed E-state index contributed by atoms with van der Waals surface area (Å²) >= 11 is 0. The first-order chi connectivity index (χ1) is 8.65. The minimum atomic E-state index is -0.310. The summed E-state index contributed by atoms with van der Waals surface area (Å²) in [4.78, 5) is 12.2. The van der Waals surface area contributed by atoms with Gasteiger partial charge >= 0.3 is 0 Å². The maximum absolute atomic E-state index is 12.9. The molecule has 1 aromatic heterocycles. The van der Waals surface area contributed by atoms with Crippen molar-refractivity contribution in [3.8, 4) is 5.69 Å². The molecule has 4 nitrogen and oxygen atoms in total. The van der Waals surface area contributed by atoms with Crippen LogP contribution in [0.15, 0.2) is 29.1 Å². The molecule has 0 amide bonds. The molecule has 2 heterocycles. The Morgan fingerprint density at radius 2 is 2.06 bits per heavy atom. The molecule has 0 unspecified atom stereocenters. The summed E-state index contributed by atoms with van der Waals surface area (Å²) in [5, 5.41) is 6.23. The van der Waals surface area contributed by atoms with Crippen LogP contribution in [-0.2, 0) is 6.42 Å². The molecule has 0 spiro atoms. The van der Waals surface area contributed by atoms with Crippen LogP contribution < -0.4 is 10.9 Å². The fourth-order valence-electron chi connectivity index (χ4n) is 2.28. The Morgan fingerprint density at radius 3 is 2.78 bits per heavy atom. The van der Waals surface area contributed by atoms with Crippen LogP contribution in [0.2, 0.25) is 0 Å². The second kappa shape index (κ2) is 4.01. The number of nitrogens with one attached hydrogen (secondary N) is 2. The minimum absolute atomic E-state index is 0.0596. The average Bonchev–Trinajstić information content (AvgIpc) is 2.68. The lowest BCUT2D eigenvalue weighted by Crippen LogP contribution is -2.24. The van der Waals surface area contributed by atoms with Crippen molar-refractivity contribution in [3.63, 3.8) is 0 Å². The zero-order valence-electron chi connectivity index (χ0n) is 10.0. The molecule has 2 N–H and O–H groups in total. The van der Waals surface area contributed by atoms with Gasteiger partial charge < -0.3 is 5.32 Å². The zero-order chi connectivity index (χ0) is 12.7. The maximum atomic E-state index is 12.9. The van der Waals surface area contributed by atoms with Crippen molar-refractivity contribution in [2.24, 2.45) is 5.92 Å². The number of fused-ring (bicyclic) bond motifs is 1. The number of benzene rings is 1. The lowest BCUT2D eigenvalue weighted by atomic mass is 10.00. The molecule has 2 aromatic rings. The van der Waals surface area contributed by atoms with E-state index in [2.05, 4.69) is 17.3 Å². The first-order valence-corrected chi connectivity index (χ1v) is 5.99. The third-order valence-electron chi connectivity index (χ3n) is 3.25. The van der Waals surface area contributed by atoms with Crippen LogP contribution in [0.25, 0.3) is 5.69 Å². The van der Waals surface area contributed by atoms with Crippen molar-refractivity contribution in [2.75, 3.05) is 11.9 Å². The lowest BCUT2D eigenvalue weighted by molar-refractivity contribution is 0.592. The van der Waals surface area contributed by atoms with Gasteiger partial charge in [0.05, 0.1) is 11.3 Å². The van der Waals surface area contributed by atoms with Crippen LogP contribution in [0.1, 0.15) is 12.5 Å². The molecule has 0 fully saturated rings. The summed E-state index contributed by atoms with van der Waals surface area (Å²) in [6.45, 7) is 2.96. The summed E-state index contributed by atoms with van der Waals surface area (Å²) in [7, 11) is 0. The number of hydrogen-bond acceptors (Lipinski definition) is 2. The molecular weight excluding hydrogens is 233 g/mol. The van der Waals surface area contributed by atoms with Gasteiger partial charge in [-0.05, 0) is 36.6 Å². The van der Waals surface area contributed by atoms with E-state index in [9.17, 15) is 9.18 Å². The highest BCUT2D eigenvalue weighted by atomic mass is 19.1. The van der Waals surface area contributed by atoms with E-state index in [4.69, 9.17) is 0 Å². The Hall–Kier alpha value is -2.04. The predicted octanol–water partition coefficient (Wildman–Crippen LogP) is 1.91. The molecule has 3 rings (SSSR count). The van der Waals surface area contributed by atoms with Crippen LogP contribution >= 0.6 is 0 Å². The molecule has 94 valence electrons. The standard InChI is InChI=1S/C13H14FN3O/c1-8-6-11-12(15-7-8)16-17(13(11)18)10-4-2-9(14)3-5-10/h2-5,8,15-16H,6-7H2,1H3/t8-/m0/s1. The summed E-state index contributed by atoms with van der Waals surface area (Å²) < 4.78 is 14.3. The van der Waals surface area contributed by atoms with E-state index in [1.54, 1.807) is 12.1 Å². The van der Waals surface area contributed by atoms with Crippen LogP contribution in [0.3, 0.4) is 0 Å². The van der Waals surface area contributed by atoms with Crippen molar-refractivity contribution in [3.05, 3.63) is 46.0 Å². The number of aromatic nitrogens is 2. The van der Waals surface area contributed by atoms with Crippen molar-refractivity contribution in [2.45, 2.75) is 13.3 Å². The highest BCUT2D eigenvalue weighted by molar-refractivity contribution is 5.48. The average molecular weight is 247 g/mol. The van der Waals surface area contributed by atoms with Gasteiger partial charge in [0.25, 0.3) is 5.56 Å². The van der Waals surface area contributed by atoms with Gasteiger partial charge in [-0.15, -0.1) is 0 Å². The van der Waals surface area contributed by atoms with E-state index in [1.165, 1.54) is 16.8 Å². The highest BCUT2D eigenvalue weighted by Crippen LogP contribution is 2.20. The Morgan fingerprint density at radius 1 is 1.33 bits per heavy atom. The van der Waals surface area contributed by atoms with Gasteiger partial charge in [0, 0.05) is 6.54 Å². The SMILES string of the molecule is C[C@@H]1CNc2[nH]n(-c3ccc(F)cc3)c(=O)c2C1.